The van der Waals surface area contributed by atoms with E-state index in [1.807, 2.05) is 48.5 Å². The average Bonchev–Trinajstić information content (AvgIpc) is 4.05. The molecule has 0 bridgehead atoms. The summed E-state index contributed by atoms with van der Waals surface area (Å²) < 4.78 is 8.83. The number of benzene rings is 8. The molecule has 8 heteroatoms. The standard InChI is InChI=1S/C52H32N8/c1-3-17-33(18-4-1)49-54-50(56-51(55-49)60-44-30-14-13-29-43(44)59-42-28-12-9-25-39(42)53-52(59)60)58-41-27-11-8-22-38(41)48-36(24-16-32-46(48)58)35-23-15-31-45-47(35)37-21-7-10-26-40(37)57(45)34-19-5-2-6-20-34/h1-32H. The van der Waals surface area contributed by atoms with Gasteiger partial charge in [0.05, 0.1) is 44.1 Å². The molecule has 0 saturated heterocycles. The van der Waals surface area contributed by atoms with Crippen LogP contribution in [0.25, 0.3) is 112 Å². The normalized spacial score (nSPS) is 12.0. The van der Waals surface area contributed by atoms with Crippen LogP contribution in [0.5, 0.6) is 0 Å². The molecule has 0 spiro atoms. The summed E-state index contributed by atoms with van der Waals surface area (Å²) in [7, 11) is 0. The zero-order chi connectivity index (χ0) is 39.3. The van der Waals surface area contributed by atoms with E-state index in [4.69, 9.17) is 19.9 Å². The highest BCUT2D eigenvalue weighted by molar-refractivity contribution is 6.22. The topological polar surface area (TPSA) is 70.8 Å². The number of hydrogen-bond donors (Lipinski definition) is 0. The van der Waals surface area contributed by atoms with Crippen LogP contribution in [0.2, 0.25) is 0 Å². The SMILES string of the molecule is c1ccc(-c2nc(-n3c4ccccc4c4c(-c5cccc6c5c5ccccc5n6-c5ccccc5)cccc43)nc(-n3c4ccccc4n4c5ccccc5nc34)n2)cc1. The average molecular weight is 769 g/mol. The largest absolute Gasteiger partial charge is 0.309 e. The van der Waals surface area contributed by atoms with E-state index in [2.05, 4.69) is 164 Å². The lowest BCUT2D eigenvalue weighted by Crippen LogP contribution is -2.10. The molecule has 8 nitrogen and oxygen atoms in total. The van der Waals surface area contributed by atoms with E-state index in [1.165, 1.54) is 21.9 Å². The molecule has 0 aliphatic carbocycles. The molecular weight excluding hydrogens is 737 g/mol. The van der Waals surface area contributed by atoms with Gasteiger partial charge in [-0.15, -0.1) is 0 Å². The van der Waals surface area contributed by atoms with Crippen molar-refractivity contribution >= 4 is 71.5 Å². The fraction of sp³-hybridized carbons (Fsp3) is 0. The second kappa shape index (κ2) is 12.6. The Balaban J connectivity index is 1.11. The second-order valence-electron chi connectivity index (χ2n) is 15.1. The predicted molar refractivity (Wildman–Crippen MR) is 242 cm³/mol. The summed E-state index contributed by atoms with van der Waals surface area (Å²) in [6, 6.07) is 67.9. The molecule has 0 aliphatic heterocycles. The second-order valence-corrected chi connectivity index (χ2v) is 15.1. The third-order valence-electron chi connectivity index (χ3n) is 11.9. The monoisotopic (exact) mass is 768 g/mol. The van der Waals surface area contributed by atoms with Gasteiger partial charge in [0.2, 0.25) is 17.7 Å². The molecule has 0 N–H and O–H groups in total. The number of nitrogens with zero attached hydrogens (tertiary/aromatic N) is 8. The van der Waals surface area contributed by atoms with Gasteiger partial charge in [-0.2, -0.15) is 15.0 Å². The third-order valence-corrected chi connectivity index (χ3v) is 11.9. The lowest BCUT2D eigenvalue weighted by atomic mass is 9.95. The van der Waals surface area contributed by atoms with Crippen molar-refractivity contribution in [3.63, 3.8) is 0 Å². The Bertz CT molecular complexity index is 3830. The van der Waals surface area contributed by atoms with Gasteiger partial charge in [-0.05, 0) is 71.8 Å². The fourth-order valence-corrected chi connectivity index (χ4v) is 9.38. The summed E-state index contributed by atoms with van der Waals surface area (Å²) in [6.45, 7) is 0. The quantitative estimate of drug-likeness (QED) is 0.175. The van der Waals surface area contributed by atoms with Gasteiger partial charge in [0.25, 0.3) is 0 Å². The molecule has 0 amide bonds. The molecule has 8 aromatic carbocycles. The van der Waals surface area contributed by atoms with Crippen LogP contribution in [0.3, 0.4) is 0 Å². The fourth-order valence-electron chi connectivity index (χ4n) is 9.38. The molecule has 5 aromatic heterocycles. The molecule has 5 heterocycles. The first-order chi connectivity index (χ1) is 29.8. The Kier molecular flexibility index (Phi) is 6.85. The zero-order valence-electron chi connectivity index (χ0n) is 32.1. The van der Waals surface area contributed by atoms with Crippen LogP contribution in [0.1, 0.15) is 0 Å². The van der Waals surface area contributed by atoms with Gasteiger partial charge in [0, 0.05) is 32.8 Å². The third kappa shape index (κ3) is 4.61. The molecule has 13 aromatic rings. The van der Waals surface area contributed by atoms with E-state index >= 15 is 0 Å². The first kappa shape index (κ1) is 32.7. The van der Waals surface area contributed by atoms with E-state index in [0.29, 0.717) is 17.7 Å². The predicted octanol–water partition coefficient (Wildman–Crippen LogP) is 12.1. The first-order valence-corrected chi connectivity index (χ1v) is 20.1. The van der Waals surface area contributed by atoms with Gasteiger partial charge in [-0.3, -0.25) is 8.97 Å². The molecular formula is C52H32N8. The molecule has 280 valence electrons. The van der Waals surface area contributed by atoms with Gasteiger partial charge in [0.1, 0.15) is 0 Å². The van der Waals surface area contributed by atoms with Crippen molar-refractivity contribution in [2.75, 3.05) is 0 Å². The minimum Gasteiger partial charge on any atom is -0.309 e. The van der Waals surface area contributed by atoms with Crippen LogP contribution in [0.15, 0.2) is 194 Å². The van der Waals surface area contributed by atoms with E-state index in [9.17, 15) is 0 Å². The van der Waals surface area contributed by atoms with Crippen LogP contribution >= 0.6 is 0 Å². The van der Waals surface area contributed by atoms with Gasteiger partial charge in [0.15, 0.2) is 5.82 Å². The van der Waals surface area contributed by atoms with Gasteiger partial charge >= 0.3 is 0 Å². The summed E-state index contributed by atoms with van der Waals surface area (Å²) >= 11 is 0. The summed E-state index contributed by atoms with van der Waals surface area (Å²) in [5.74, 6) is 2.32. The Morgan fingerprint density at radius 3 is 1.50 bits per heavy atom. The van der Waals surface area contributed by atoms with E-state index in [-0.39, 0.29) is 0 Å². The highest BCUT2D eigenvalue weighted by atomic mass is 15.3. The van der Waals surface area contributed by atoms with E-state index in [0.717, 1.165) is 72.0 Å². The maximum absolute atomic E-state index is 5.39. The minimum atomic E-state index is 0.487. The Morgan fingerprint density at radius 1 is 0.317 bits per heavy atom. The number of para-hydroxylation sites is 7. The molecule has 0 saturated carbocycles. The zero-order valence-corrected chi connectivity index (χ0v) is 32.1. The Labute approximate surface area is 342 Å². The van der Waals surface area contributed by atoms with Crippen molar-refractivity contribution in [3.05, 3.63) is 194 Å². The van der Waals surface area contributed by atoms with E-state index in [1.54, 1.807) is 0 Å². The van der Waals surface area contributed by atoms with Crippen LogP contribution in [0, 0.1) is 0 Å². The molecule has 60 heavy (non-hydrogen) atoms. The number of fused-ring (bicyclic) bond motifs is 11. The van der Waals surface area contributed by atoms with Crippen molar-refractivity contribution in [2.45, 2.75) is 0 Å². The molecule has 0 aliphatic rings. The number of imidazole rings is 2. The molecule has 0 atom stereocenters. The number of aromatic nitrogens is 8. The van der Waals surface area contributed by atoms with Gasteiger partial charge in [-0.25, -0.2) is 9.55 Å². The number of rotatable bonds is 5. The van der Waals surface area contributed by atoms with Crippen molar-refractivity contribution in [2.24, 2.45) is 0 Å². The molecule has 0 radical (unpaired) electrons. The molecule has 0 fully saturated rings. The maximum Gasteiger partial charge on any atom is 0.242 e. The smallest absolute Gasteiger partial charge is 0.242 e. The van der Waals surface area contributed by atoms with Crippen molar-refractivity contribution in [3.8, 4) is 40.1 Å². The first-order valence-electron chi connectivity index (χ1n) is 20.1. The van der Waals surface area contributed by atoms with E-state index < -0.39 is 0 Å². The summed E-state index contributed by atoms with van der Waals surface area (Å²) in [5.41, 5.74) is 12.6. The highest BCUT2D eigenvalue weighted by Gasteiger charge is 2.24. The van der Waals surface area contributed by atoms with Crippen molar-refractivity contribution in [1.82, 2.24) is 38.0 Å². The molecule has 13 rings (SSSR count). The Hall–Kier alpha value is -8.36. The van der Waals surface area contributed by atoms with Gasteiger partial charge < -0.3 is 4.57 Å². The minimum absolute atomic E-state index is 0.487. The van der Waals surface area contributed by atoms with Crippen molar-refractivity contribution < 1.29 is 0 Å². The lowest BCUT2D eigenvalue weighted by molar-refractivity contribution is 0.885. The summed E-state index contributed by atoms with van der Waals surface area (Å²) in [5, 5.41) is 4.67. The Morgan fingerprint density at radius 2 is 0.817 bits per heavy atom. The number of hydrogen-bond acceptors (Lipinski definition) is 4. The van der Waals surface area contributed by atoms with Crippen LogP contribution in [-0.2, 0) is 0 Å². The van der Waals surface area contributed by atoms with Gasteiger partial charge in [-0.1, -0.05) is 133 Å². The van der Waals surface area contributed by atoms with Crippen LogP contribution in [0.4, 0.5) is 0 Å². The summed E-state index contributed by atoms with van der Waals surface area (Å²) in [6.07, 6.45) is 0. The van der Waals surface area contributed by atoms with Crippen LogP contribution in [-0.4, -0.2) is 38.0 Å². The highest BCUT2D eigenvalue weighted by Crippen LogP contribution is 2.44. The lowest BCUT2D eigenvalue weighted by Gasteiger charge is -2.12. The summed E-state index contributed by atoms with van der Waals surface area (Å²) in [4.78, 5) is 21.0. The van der Waals surface area contributed by atoms with Crippen LogP contribution < -0.4 is 0 Å². The maximum atomic E-state index is 5.39. The molecule has 0 unspecified atom stereocenters. The van der Waals surface area contributed by atoms with Crippen molar-refractivity contribution in [1.29, 1.82) is 0 Å².